The lowest BCUT2D eigenvalue weighted by molar-refractivity contribution is -0.384. The van der Waals surface area contributed by atoms with E-state index in [1.165, 1.54) is 12.1 Å². The summed E-state index contributed by atoms with van der Waals surface area (Å²) < 4.78 is 1.81. The van der Waals surface area contributed by atoms with Crippen molar-refractivity contribution in [1.82, 2.24) is 9.78 Å². The Morgan fingerprint density at radius 1 is 0.963 bits per heavy atom. The molecular formula is C21H16N4O2. The Bertz CT molecular complexity index is 1130. The van der Waals surface area contributed by atoms with Crippen molar-refractivity contribution < 1.29 is 4.92 Å². The highest BCUT2D eigenvalue weighted by Gasteiger charge is 2.07. The van der Waals surface area contributed by atoms with Gasteiger partial charge in [0.25, 0.3) is 5.69 Å². The third kappa shape index (κ3) is 3.69. The van der Waals surface area contributed by atoms with E-state index in [0.717, 1.165) is 22.2 Å². The number of benzene rings is 3. The number of anilines is 2. The lowest BCUT2D eigenvalue weighted by atomic mass is 10.2. The van der Waals surface area contributed by atoms with E-state index in [4.69, 9.17) is 0 Å². The van der Waals surface area contributed by atoms with E-state index in [2.05, 4.69) is 10.4 Å². The van der Waals surface area contributed by atoms with Gasteiger partial charge in [0.2, 0.25) is 0 Å². The summed E-state index contributed by atoms with van der Waals surface area (Å²) in [6, 6.07) is 22.3. The summed E-state index contributed by atoms with van der Waals surface area (Å²) in [6.07, 6.45) is 5.71. The van der Waals surface area contributed by atoms with Crippen molar-refractivity contribution in [2.75, 3.05) is 5.32 Å². The molecule has 27 heavy (non-hydrogen) atoms. The Labute approximate surface area is 155 Å². The van der Waals surface area contributed by atoms with Crippen LogP contribution in [0.15, 0.2) is 79.0 Å². The molecule has 6 heteroatoms. The van der Waals surface area contributed by atoms with Gasteiger partial charge in [-0.3, -0.25) is 10.1 Å². The zero-order valence-corrected chi connectivity index (χ0v) is 14.3. The molecule has 4 aromatic rings. The van der Waals surface area contributed by atoms with Gasteiger partial charge in [0.15, 0.2) is 0 Å². The summed E-state index contributed by atoms with van der Waals surface area (Å²) in [6.45, 7) is 0. The monoisotopic (exact) mass is 356 g/mol. The highest BCUT2D eigenvalue weighted by atomic mass is 16.6. The van der Waals surface area contributed by atoms with E-state index in [9.17, 15) is 10.1 Å². The number of non-ortho nitro benzene ring substituents is 1. The fraction of sp³-hybridized carbons (Fsp3) is 0. The van der Waals surface area contributed by atoms with Crippen LogP contribution >= 0.6 is 0 Å². The van der Waals surface area contributed by atoms with E-state index >= 15 is 0 Å². The van der Waals surface area contributed by atoms with Crippen molar-refractivity contribution in [3.63, 3.8) is 0 Å². The molecule has 0 aliphatic carbocycles. The van der Waals surface area contributed by atoms with Gasteiger partial charge < -0.3 is 5.32 Å². The number of nitrogens with zero attached hydrogens (tertiary/aromatic N) is 3. The molecule has 1 heterocycles. The van der Waals surface area contributed by atoms with Crippen LogP contribution in [0.1, 0.15) is 5.56 Å². The first-order chi connectivity index (χ1) is 13.2. The van der Waals surface area contributed by atoms with Gasteiger partial charge in [0, 0.05) is 35.1 Å². The van der Waals surface area contributed by atoms with Gasteiger partial charge in [-0.15, -0.1) is 0 Å². The van der Waals surface area contributed by atoms with Crippen LogP contribution < -0.4 is 5.32 Å². The Balaban J connectivity index is 1.63. The Kier molecular flexibility index (Phi) is 4.37. The maximum atomic E-state index is 10.9. The molecule has 0 amide bonds. The molecule has 6 nitrogen and oxygen atoms in total. The summed E-state index contributed by atoms with van der Waals surface area (Å²) in [4.78, 5) is 10.5. The second kappa shape index (κ2) is 7.13. The normalized spacial score (nSPS) is 11.1. The maximum absolute atomic E-state index is 10.9. The van der Waals surface area contributed by atoms with Crippen molar-refractivity contribution >= 4 is 40.2 Å². The van der Waals surface area contributed by atoms with Crippen LogP contribution in [0.3, 0.4) is 0 Å². The number of nitro benzene ring substituents is 1. The quantitative estimate of drug-likeness (QED) is 0.388. The van der Waals surface area contributed by atoms with Crippen molar-refractivity contribution in [3.05, 3.63) is 94.7 Å². The summed E-state index contributed by atoms with van der Waals surface area (Å²) in [5.41, 5.74) is 3.58. The summed E-state index contributed by atoms with van der Waals surface area (Å²) in [7, 11) is 0. The number of hydrogen-bond donors (Lipinski definition) is 1. The molecule has 1 aromatic heterocycles. The average molecular weight is 356 g/mol. The summed E-state index contributed by atoms with van der Waals surface area (Å²) in [5, 5.41) is 19.6. The molecule has 0 saturated heterocycles. The number of nitro groups is 1. The lowest BCUT2D eigenvalue weighted by Crippen LogP contribution is -1.94. The van der Waals surface area contributed by atoms with Crippen LogP contribution in [0.2, 0.25) is 0 Å². The SMILES string of the molecule is O=[N+]([O-])c1cccc(Nc2ccc3cnn(C=Cc4ccccc4)c3c2)c1. The molecule has 132 valence electrons. The van der Waals surface area contributed by atoms with Gasteiger partial charge in [0.1, 0.15) is 0 Å². The molecule has 0 saturated carbocycles. The van der Waals surface area contributed by atoms with Crippen molar-refractivity contribution in [3.8, 4) is 0 Å². The fourth-order valence-electron chi connectivity index (χ4n) is 2.82. The fourth-order valence-corrected chi connectivity index (χ4v) is 2.82. The third-order valence-corrected chi connectivity index (χ3v) is 4.15. The van der Waals surface area contributed by atoms with Gasteiger partial charge in [-0.25, -0.2) is 4.68 Å². The second-order valence-corrected chi connectivity index (χ2v) is 6.02. The molecule has 0 fully saturated rings. The van der Waals surface area contributed by atoms with Gasteiger partial charge >= 0.3 is 0 Å². The first-order valence-corrected chi connectivity index (χ1v) is 8.41. The molecule has 0 aliphatic rings. The number of rotatable bonds is 5. The van der Waals surface area contributed by atoms with Crippen LogP contribution in [-0.2, 0) is 0 Å². The van der Waals surface area contributed by atoms with Gasteiger partial charge in [0.05, 0.1) is 16.6 Å². The van der Waals surface area contributed by atoms with Crippen LogP contribution in [0.4, 0.5) is 17.1 Å². The minimum Gasteiger partial charge on any atom is -0.355 e. The smallest absolute Gasteiger partial charge is 0.271 e. The molecule has 0 radical (unpaired) electrons. The second-order valence-electron chi connectivity index (χ2n) is 6.02. The van der Waals surface area contributed by atoms with Crippen molar-refractivity contribution in [2.45, 2.75) is 0 Å². The number of hydrogen-bond acceptors (Lipinski definition) is 4. The lowest BCUT2D eigenvalue weighted by Gasteiger charge is -2.07. The van der Waals surface area contributed by atoms with Gasteiger partial charge in [-0.2, -0.15) is 5.10 Å². The maximum Gasteiger partial charge on any atom is 0.271 e. The van der Waals surface area contributed by atoms with Crippen molar-refractivity contribution in [1.29, 1.82) is 0 Å². The van der Waals surface area contributed by atoms with Gasteiger partial charge in [-0.05, 0) is 35.9 Å². The highest BCUT2D eigenvalue weighted by molar-refractivity contribution is 5.85. The first kappa shape index (κ1) is 16.5. The molecule has 3 aromatic carbocycles. The highest BCUT2D eigenvalue weighted by Crippen LogP contribution is 2.25. The Hall–Kier alpha value is -3.93. The molecule has 0 aliphatic heterocycles. The zero-order chi connectivity index (χ0) is 18.6. The topological polar surface area (TPSA) is 73.0 Å². The number of nitrogens with one attached hydrogen (secondary N) is 1. The number of aromatic nitrogens is 2. The predicted molar refractivity (Wildman–Crippen MR) is 108 cm³/mol. The van der Waals surface area contributed by atoms with E-state index in [-0.39, 0.29) is 5.69 Å². The zero-order valence-electron chi connectivity index (χ0n) is 14.3. The average Bonchev–Trinajstić information content (AvgIpc) is 3.10. The van der Waals surface area contributed by atoms with Gasteiger partial charge in [-0.1, -0.05) is 36.4 Å². The van der Waals surface area contributed by atoms with E-state index in [1.807, 2.05) is 67.0 Å². The van der Waals surface area contributed by atoms with E-state index in [1.54, 1.807) is 16.8 Å². The van der Waals surface area contributed by atoms with Crippen LogP contribution in [0, 0.1) is 10.1 Å². The standard InChI is InChI=1S/C21H16N4O2/c26-25(27)20-8-4-7-18(13-20)23-19-10-9-17-15-22-24(21(17)14-19)12-11-16-5-2-1-3-6-16/h1-15,23H. The Morgan fingerprint density at radius 2 is 1.78 bits per heavy atom. The summed E-state index contributed by atoms with van der Waals surface area (Å²) >= 11 is 0. The minimum atomic E-state index is -0.405. The molecule has 0 spiro atoms. The molecule has 1 N–H and O–H groups in total. The summed E-state index contributed by atoms with van der Waals surface area (Å²) in [5.74, 6) is 0. The van der Waals surface area contributed by atoms with Crippen LogP contribution in [0.5, 0.6) is 0 Å². The molecule has 4 rings (SSSR count). The molecule has 0 bridgehead atoms. The largest absolute Gasteiger partial charge is 0.355 e. The van der Waals surface area contributed by atoms with Crippen LogP contribution in [0.25, 0.3) is 23.2 Å². The number of fused-ring (bicyclic) bond motifs is 1. The first-order valence-electron chi connectivity index (χ1n) is 8.41. The minimum absolute atomic E-state index is 0.0527. The third-order valence-electron chi connectivity index (χ3n) is 4.15. The van der Waals surface area contributed by atoms with E-state index < -0.39 is 4.92 Å². The van der Waals surface area contributed by atoms with Crippen LogP contribution in [-0.4, -0.2) is 14.7 Å². The predicted octanol–water partition coefficient (Wildman–Crippen LogP) is 5.32. The molecule has 0 unspecified atom stereocenters. The van der Waals surface area contributed by atoms with Crippen molar-refractivity contribution in [2.24, 2.45) is 0 Å². The van der Waals surface area contributed by atoms with E-state index in [0.29, 0.717) is 5.69 Å². The molecule has 0 atom stereocenters. The molecular weight excluding hydrogens is 340 g/mol. The Morgan fingerprint density at radius 3 is 2.59 bits per heavy atom.